The zero-order chi connectivity index (χ0) is 12.6. The van der Waals surface area contributed by atoms with Crippen LogP contribution in [0.5, 0.6) is 0 Å². The lowest BCUT2D eigenvalue weighted by Crippen LogP contribution is -2.45. The van der Waals surface area contributed by atoms with Crippen LogP contribution in [-0.4, -0.2) is 62.8 Å². The van der Waals surface area contributed by atoms with Gasteiger partial charge in [-0.05, 0) is 20.0 Å². The summed E-state index contributed by atoms with van der Waals surface area (Å²) in [5.74, 6) is 0.737. The molecule has 0 amide bonds. The van der Waals surface area contributed by atoms with E-state index >= 15 is 0 Å². The lowest BCUT2D eigenvalue weighted by atomic mass is 10.2. The maximum Gasteiger partial charge on any atom is 0.0829 e. The summed E-state index contributed by atoms with van der Waals surface area (Å²) in [6.45, 7) is 13.8. The highest BCUT2D eigenvalue weighted by Crippen LogP contribution is 2.05. The number of likely N-dealkylation sites (N-methyl/N-ethyl adjacent to an activating group) is 2. The highest BCUT2D eigenvalue weighted by molar-refractivity contribution is 4.72. The highest BCUT2D eigenvalue weighted by atomic mass is 16.5. The second-order valence-corrected chi connectivity index (χ2v) is 4.87. The highest BCUT2D eigenvalue weighted by Gasteiger charge is 2.19. The summed E-state index contributed by atoms with van der Waals surface area (Å²) in [6, 6.07) is 0. The van der Waals surface area contributed by atoms with Crippen molar-refractivity contribution < 1.29 is 4.74 Å². The summed E-state index contributed by atoms with van der Waals surface area (Å²) in [4.78, 5) is 4.71. The molecule has 1 rings (SSSR count). The molecule has 0 aromatic rings. The van der Waals surface area contributed by atoms with Crippen molar-refractivity contribution >= 4 is 0 Å². The van der Waals surface area contributed by atoms with E-state index in [-0.39, 0.29) is 0 Å². The zero-order valence-corrected chi connectivity index (χ0v) is 12.0. The van der Waals surface area contributed by atoms with Gasteiger partial charge in [0.05, 0.1) is 12.7 Å². The molecule has 1 unspecified atom stereocenters. The fraction of sp³-hybridized carbons (Fsp3) is 1.00. The molecule has 0 radical (unpaired) electrons. The number of hydrogen-bond donors (Lipinski definition) is 0. The van der Waals surface area contributed by atoms with Gasteiger partial charge in [-0.1, -0.05) is 27.7 Å². The first-order chi connectivity index (χ1) is 7.58. The molecule has 0 spiro atoms. The van der Waals surface area contributed by atoms with E-state index in [1.54, 1.807) is 0 Å². The molecule has 3 nitrogen and oxygen atoms in total. The zero-order valence-electron chi connectivity index (χ0n) is 12.0. The van der Waals surface area contributed by atoms with Gasteiger partial charge in [-0.15, -0.1) is 0 Å². The molecule has 1 saturated heterocycles. The predicted molar refractivity (Wildman–Crippen MR) is 70.9 cm³/mol. The van der Waals surface area contributed by atoms with Gasteiger partial charge >= 0.3 is 0 Å². The van der Waals surface area contributed by atoms with Crippen LogP contribution in [-0.2, 0) is 4.74 Å². The lowest BCUT2D eigenvalue weighted by molar-refractivity contribution is -0.0334. The number of rotatable bonds is 4. The Morgan fingerprint density at radius 1 is 1.38 bits per heavy atom. The largest absolute Gasteiger partial charge is 0.374 e. The van der Waals surface area contributed by atoms with Gasteiger partial charge in [-0.3, -0.25) is 0 Å². The molecule has 0 aliphatic carbocycles. The third-order valence-corrected chi connectivity index (χ3v) is 2.53. The molecule has 3 heteroatoms. The second-order valence-electron chi connectivity index (χ2n) is 4.87. The van der Waals surface area contributed by atoms with Crippen molar-refractivity contribution in [3.05, 3.63) is 0 Å². The van der Waals surface area contributed by atoms with E-state index < -0.39 is 0 Å². The van der Waals surface area contributed by atoms with E-state index in [0.717, 1.165) is 38.7 Å². The first-order valence-electron chi connectivity index (χ1n) is 6.56. The topological polar surface area (TPSA) is 15.7 Å². The normalized spacial score (nSPS) is 22.1. The third kappa shape index (κ3) is 7.20. The fourth-order valence-corrected chi connectivity index (χ4v) is 2.02. The van der Waals surface area contributed by atoms with E-state index in [2.05, 4.69) is 37.7 Å². The minimum absolute atomic E-state index is 0.400. The molecule has 98 valence electrons. The van der Waals surface area contributed by atoms with Gasteiger partial charge in [-0.2, -0.15) is 0 Å². The minimum Gasteiger partial charge on any atom is -0.374 e. The Labute approximate surface area is 102 Å². The van der Waals surface area contributed by atoms with Gasteiger partial charge in [0.25, 0.3) is 0 Å². The molecule has 0 saturated carbocycles. The SMILES string of the molecule is CC.CC(C)CN(C)CC1CN(C)CCO1. The van der Waals surface area contributed by atoms with Crippen LogP contribution in [0.15, 0.2) is 0 Å². The van der Waals surface area contributed by atoms with Crippen LogP contribution in [0.25, 0.3) is 0 Å². The molecule has 0 N–H and O–H groups in total. The van der Waals surface area contributed by atoms with Crippen molar-refractivity contribution in [2.45, 2.75) is 33.8 Å². The Morgan fingerprint density at radius 2 is 2.00 bits per heavy atom. The van der Waals surface area contributed by atoms with Gasteiger partial charge in [-0.25, -0.2) is 0 Å². The van der Waals surface area contributed by atoms with Crippen LogP contribution in [0.1, 0.15) is 27.7 Å². The Morgan fingerprint density at radius 3 is 2.50 bits per heavy atom. The molecule has 1 aliphatic rings. The van der Waals surface area contributed by atoms with Crippen LogP contribution in [0.3, 0.4) is 0 Å². The Hall–Kier alpha value is -0.120. The number of ether oxygens (including phenoxy) is 1. The van der Waals surface area contributed by atoms with Crippen LogP contribution in [0, 0.1) is 5.92 Å². The van der Waals surface area contributed by atoms with E-state index in [9.17, 15) is 0 Å². The fourth-order valence-electron chi connectivity index (χ4n) is 2.02. The van der Waals surface area contributed by atoms with Gasteiger partial charge in [0.2, 0.25) is 0 Å². The standard InChI is InChI=1S/C11H24N2O.C2H6/c1-10(2)7-13(4)9-11-8-12(3)5-6-14-11;1-2/h10-11H,5-9H2,1-4H3;1-2H3. The third-order valence-electron chi connectivity index (χ3n) is 2.53. The molecule has 0 bridgehead atoms. The number of morpholine rings is 1. The quantitative estimate of drug-likeness (QED) is 0.734. The molecule has 16 heavy (non-hydrogen) atoms. The smallest absolute Gasteiger partial charge is 0.0829 e. The Kier molecular flexibility index (Phi) is 8.90. The van der Waals surface area contributed by atoms with Crippen molar-refractivity contribution in [2.24, 2.45) is 5.92 Å². The molecule has 1 fully saturated rings. The maximum absolute atomic E-state index is 5.72. The first-order valence-corrected chi connectivity index (χ1v) is 6.56. The molecule has 0 aromatic carbocycles. The van der Waals surface area contributed by atoms with Crippen LogP contribution < -0.4 is 0 Å². The number of nitrogens with zero attached hydrogens (tertiary/aromatic N) is 2. The van der Waals surface area contributed by atoms with E-state index in [1.807, 2.05) is 13.8 Å². The summed E-state index contributed by atoms with van der Waals surface area (Å²) < 4.78 is 5.72. The predicted octanol–water partition coefficient (Wildman–Crippen LogP) is 1.93. The van der Waals surface area contributed by atoms with Crippen LogP contribution >= 0.6 is 0 Å². The van der Waals surface area contributed by atoms with Crippen molar-refractivity contribution in [1.82, 2.24) is 9.80 Å². The second kappa shape index (κ2) is 8.97. The minimum atomic E-state index is 0.400. The summed E-state index contributed by atoms with van der Waals surface area (Å²) >= 11 is 0. The van der Waals surface area contributed by atoms with E-state index in [1.165, 1.54) is 0 Å². The van der Waals surface area contributed by atoms with Crippen LogP contribution in [0.4, 0.5) is 0 Å². The average Bonchev–Trinajstić information content (AvgIpc) is 2.19. The van der Waals surface area contributed by atoms with Gasteiger partial charge in [0.1, 0.15) is 0 Å². The van der Waals surface area contributed by atoms with Crippen molar-refractivity contribution in [1.29, 1.82) is 0 Å². The first kappa shape index (κ1) is 15.9. The molecule has 1 aliphatic heterocycles. The van der Waals surface area contributed by atoms with Crippen molar-refractivity contribution in [2.75, 3.05) is 46.9 Å². The summed E-state index contributed by atoms with van der Waals surface area (Å²) in [5.41, 5.74) is 0. The monoisotopic (exact) mass is 230 g/mol. The maximum atomic E-state index is 5.72. The van der Waals surface area contributed by atoms with Gasteiger partial charge < -0.3 is 14.5 Å². The van der Waals surface area contributed by atoms with E-state index in [4.69, 9.17) is 4.74 Å². The molecular weight excluding hydrogens is 200 g/mol. The van der Waals surface area contributed by atoms with Crippen molar-refractivity contribution in [3.8, 4) is 0 Å². The summed E-state index contributed by atoms with van der Waals surface area (Å²) in [6.07, 6.45) is 0.400. The molecular formula is C13H30N2O. The van der Waals surface area contributed by atoms with Gasteiger partial charge in [0, 0.05) is 26.2 Å². The lowest BCUT2D eigenvalue weighted by Gasteiger charge is -2.33. The van der Waals surface area contributed by atoms with Crippen molar-refractivity contribution in [3.63, 3.8) is 0 Å². The molecule has 0 aromatic heterocycles. The van der Waals surface area contributed by atoms with Gasteiger partial charge in [0.15, 0.2) is 0 Å². The summed E-state index contributed by atoms with van der Waals surface area (Å²) in [7, 11) is 4.34. The number of hydrogen-bond acceptors (Lipinski definition) is 3. The van der Waals surface area contributed by atoms with E-state index in [0.29, 0.717) is 6.10 Å². The Bertz CT molecular complexity index is 162. The molecule has 1 atom stereocenters. The summed E-state index contributed by atoms with van der Waals surface area (Å²) in [5, 5.41) is 0. The Balaban J connectivity index is 0.00000106. The molecule has 1 heterocycles. The average molecular weight is 230 g/mol. The van der Waals surface area contributed by atoms with Crippen LogP contribution in [0.2, 0.25) is 0 Å².